The van der Waals surface area contributed by atoms with Crippen molar-refractivity contribution in [2.45, 2.75) is 46.6 Å². The van der Waals surface area contributed by atoms with Crippen molar-refractivity contribution in [1.29, 1.82) is 0 Å². The molecule has 1 aromatic rings. The van der Waals surface area contributed by atoms with Gasteiger partial charge in [-0.05, 0) is 38.9 Å². The van der Waals surface area contributed by atoms with Gasteiger partial charge in [0.1, 0.15) is 5.82 Å². The SMILES string of the molecule is CCC(CC)CN(CC)c1cccc(F)c1C(C)NC. The highest BCUT2D eigenvalue weighted by Crippen LogP contribution is 2.30. The van der Waals surface area contributed by atoms with Crippen LogP contribution in [-0.2, 0) is 0 Å². The molecule has 0 aliphatic rings. The Bertz CT molecular complexity index is 402. The molecule has 0 saturated heterocycles. The van der Waals surface area contributed by atoms with Crippen LogP contribution in [0.15, 0.2) is 18.2 Å². The first-order valence-electron chi connectivity index (χ1n) is 7.79. The normalized spacial score (nSPS) is 12.8. The van der Waals surface area contributed by atoms with Crippen LogP contribution in [0.4, 0.5) is 10.1 Å². The molecule has 0 bridgehead atoms. The van der Waals surface area contributed by atoms with Crippen molar-refractivity contribution >= 4 is 5.69 Å². The zero-order valence-corrected chi connectivity index (χ0v) is 13.5. The third-order valence-electron chi connectivity index (χ3n) is 4.25. The largest absolute Gasteiger partial charge is 0.371 e. The molecule has 3 heteroatoms. The molecular weight excluding hydrogens is 251 g/mol. The van der Waals surface area contributed by atoms with Gasteiger partial charge in [-0.2, -0.15) is 0 Å². The Morgan fingerprint density at radius 1 is 1.20 bits per heavy atom. The van der Waals surface area contributed by atoms with E-state index < -0.39 is 0 Å². The van der Waals surface area contributed by atoms with Gasteiger partial charge in [0.15, 0.2) is 0 Å². The number of nitrogens with zero attached hydrogens (tertiary/aromatic N) is 1. The van der Waals surface area contributed by atoms with Gasteiger partial charge < -0.3 is 10.2 Å². The molecule has 20 heavy (non-hydrogen) atoms. The van der Waals surface area contributed by atoms with Crippen LogP contribution in [0.25, 0.3) is 0 Å². The molecule has 0 aliphatic carbocycles. The van der Waals surface area contributed by atoms with Crippen LogP contribution in [0.2, 0.25) is 0 Å². The number of halogens is 1. The number of hydrogen-bond donors (Lipinski definition) is 1. The molecule has 114 valence electrons. The summed E-state index contributed by atoms with van der Waals surface area (Å²) in [6, 6.07) is 5.42. The van der Waals surface area contributed by atoms with Crippen LogP contribution in [0.1, 0.15) is 52.1 Å². The molecule has 0 fully saturated rings. The van der Waals surface area contributed by atoms with E-state index in [2.05, 4.69) is 31.0 Å². The highest BCUT2D eigenvalue weighted by atomic mass is 19.1. The van der Waals surface area contributed by atoms with E-state index in [0.717, 1.165) is 24.3 Å². The van der Waals surface area contributed by atoms with Crippen molar-refractivity contribution in [2.24, 2.45) is 5.92 Å². The maximum absolute atomic E-state index is 14.2. The second kappa shape index (κ2) is 8.25. The maximum Gasteiger partial charge on any atom is 0.130 e. The Morgan fingerprint density at radius 3 is 2.35 bits per heavy atom. The van der Waals surface area contributed by atoms with E-state index in [1.54, 1.807) is 6.07 Å². The van der Waals surface area contributed by atoms with E-state index in [-0.39, 0.29) is 11.9 Å². The maximum atomic E-state index is 14.2. The van der Waals surface area contributed by atoms with Gasteiger partial charge in [0, 0.05) is 30.4 Å². The Morgan fingerprint density at radius 2 is 1.85 bits per heavy atom. The molecule has 1 rings (SSSR count). The third kappa shape index (κ3) is 3.95. The predicted octanol–water partition coefficient (Wildman–Crippen LogP) is 4.37. The smallest absolute Gasteiger partial charge is 0.130 e. The van der Waals surface area contributed by atoms with Gasteiger partial charge in [0.05, 0.1) is 0 Å². The van der Waals surface area contributed by atoms with E-state index in [0.29, 0.717) is 5.92 Å². The monoisotopic (exact) mass is 280 g/mol. The van der Waals surface area contributed by atoms with Crippen LogP contribution in [-0.4, -0.2) is 20.1 Å². The minimum atomic E-state index is -0.118. The Balaban J connectivity index is 3.11. The van der Waals surface area contributed by atoms with Crippen LogP contribution in [0, 0.1) is 11.7 Å². The molecule has 0 amide bonds. The summed E-state index contributed by atoms with van der Waals surface area (Å²) in [5.74, 6) is 0.545. The van der Waals surface area contributed by atoms with Crippen LogP contribution < -0.4 is 10.2 Å². The van der Waals surface area contributed by atoms with Gasteiger partial charge >= 0.3 is 0 Å². The molecule has 0 spiro atoms. The number of nitrogens with one attached hydrogen (secondary N) is 1. The average molecular weight is 280 g/mol. The molecule has 0 heterocycles. The van der Waals surface area contributed by atoms with E-state index in [9.17, 15) is 4.39 Å². The number of rotatable bonds is 8. The Labute approximate surface area is 123 Å². The standard InChI is InChI=1S/C17H29FN2/c1-6-14(7-2)12-20(8-3)16-11-9-10-15(18)17(16)13(4)19-5/h9-11,13-14,19H,6-8,12H2,1-5H3. The van der Waals surface area contributed by atoms with Crippen molar-refractivity contribution in [2.75, 3.05) is 25.0 Å². The van der Waals surface area contributed by atoms with Crippen molar-refractivity contribution in [3.05, 3.63) is 29.6 Å². The minimum absolute atomic E-state index is 0.0157. The minimum Gasteiger partial charge on any atom is -0.371 e. The first kappa shape index (κ1) is 17.0. The Hall–Kier alpha value is -1.09. The summed E-state index contributed by atoms with van der Waals surface area (Å²) in [6.07, 6.45) is 2.33. The number of benzene rings is 1. The lowest BCUT2D eigenvalue weighted by Crippen LogP contribution is -2.31. The summed E-state index contributed by atoms with van der Waals surface area (Å²) < 4.78 is 14.2. The summed E-state index contributed by atoms with van der Waals surface area (Å²) in [6.45, 7) is 10.5. The molecule has 1 N–H and O–H groups in total. The average Bonchev–Trinajstić information content (AvgIpc) is 2.47. The first-order valence-corrected chi connectivity index (χ1v) is 7.79. The van der Waals surface area contributed by atoms with E-state index in [1.165, 1.54) is 12.8 Å². The number of hydrogen-bond acceptors (Lipinski definition) is 2. The van der Waals surface area contributed by atoms with Crippen molar-refractivity contribution in [3.8, 4) is 0 Å². The lowest BCUT2D eigenvalue weighted by Gasteiger charge is -2.31. The molecule has 0 radical (unpaired) electrons. The highest BCUT2D eigenvalue weighted by Gasteiger charge is 2.19. The lowest BCUT2D eigenvalue weighted by atomic mass is 10.00. The zero-order valence-electron chi connectivity index (χ0n) is 13.5. The van der Waals surface area contributed by atoms with Gasteiger partial charge in [-0.1, -0.05) is 32.8 Å². The molecule has 1 aromatic carbocycles. The molecular formula is C17H29FN2. The van der Waals surface area contributed by atoms with E-state index in [1.807, 2.05) is 26.1 Å². The second-order valence-electron chi connectivity index (χ2n) is 5.40. The topological polar surface area (TPSA) is 15.3 Å². The van der Waals surface area contributed by atoms with E-state index in [4.69, 9.17) is 0 Å². The summed E-state index contributed by atoms with van der Waals surface area (Å²) >= 11 is 0. The molecule has 0 aromatic heterocycles. The summed E-state index contributed by atoms with van der Waals surface area (Å²) in [5, 5.41) is 3.16. The van der Waals surface area contributed by atoms with Gasteiger partial charge in [-0.3, -0.25) is 0 Å². The van der Waals surface area contributed by atoms with Gasteiger partial charge in [0.25, 0.3) is 0 Å². The zero-order chi connectivity index (χ0) is 15.1. The van der Waals surface area contributed by atoms with Crippen molar-refractivity contribution in [3.63, 3.8) is 0 Å². The molecule has 0 aliphatic heterocycles. The van der Waals surface area contributed by atoms with Crippen LogP contribution in [0.5, 0.6) is 0 Å². The molecule has 2 nitrogen and oxygen atoms in total. The second-order valence-corrected chi connectivity index (χ2v) is 5.40. The fourth-order valence-corrected chi connectivity index (χ4v) is 2.63. The predicted molar refractivity (Wildman–Crippen MR) is 85.8 cm³/mol. The fourth-order valence-electron chi connectivity index (χ4n) is 2.63. The van der Waals surface area contributed by atoms with Gasteiger partial charge in [-0.25, -0.2) is 4.39 Å². The molecule has 0 saturated carbocycles. The molecule has 1 unspecified atom stereocenters. The van der Waals surface area contributed by atoms with Crippen molar-refractivity contribution < 1.29 is 4.39 Å². The van der Waals surface area contributed by atoms with Gasteiger partial charge in [0.2, 0.25) is 0 Å². The first-order chi connectivity index (χ1) is 9.58. The quantitative estimate of drug-likeness (QED) is 0.760. The van der Waals surface area contributed by atoms with Gasteiger partial charge in [-0.15, -0.1) is 0 Å². The summed E-state index contributed by atoms with van der Waals surface area (Å²) in [7, 11) is 1.87. The Kier molecular flexibility index (Phi) is 7.00. The highest BCUT2D eigenvalue weighted by molar-refractivity contribution is 5.55. The lowest BCUT2D eigenvalue weighted by molar-refractivity contribution is 0.482. The summed E-state index contributed by atoms with van der Waals surface area (Å²) in [5.41, 5.74) is 1.81. The van der Waals surface area contributed by atoms with Crippen LogP contribution in [0.3, 0.4) is 0 Å². The molecule has 1 atom stereocenters. The fraction of sp³-hybridized carbons (Fsp3) is 0.647. The van der Waals surface area contributed by atoms with E-state index >= 15 is 0 Å². The van der Waals surface area contributed by atoms with Crippen LogP contribution >= 0.6 is 0 Å². The third-order valence-corrected chi connectivity index (χ3v) is 4.25. The number of anilines is 1. The summed E-state index contributed by atoms with van der Waals surface area (Å²) in [4.78, 5) is 2.31. The van der Waals surface area contributed by atoms with Crippen molar-refractivity contribution in [1.82, 2.24) is 5.32 Å².